The van der Waals surface area contributed by atoms with Crippen LogP contribution in [0.2, 0.25) is 5.02 Å². The molecule has 2 nitrogen and oxygen atoms in total. The van der Waals surface area contributed by atoms with Gasteiger partial charge in [-0.15, -0.1) is 0 Å². The van der Waals surface area contributed by atoms with Crippen LogP contribution >= 0.6 is 11.6 Å². The molecule has 0 aliphatic rings. The zero-order valence-electron chi connectivity index (χ0n) is 17.4. The fourth-order valence-electron chi connectivity index (χ4n) is 3.08. The van der Waals surface area contributed by atoms with Crippen LogP contribution in [0.1, 0.15) is 85.0 Å². The molecule has 2 rings (SSSR count). The molecule has 0 saturated heterocycles. The van der Waals surface area contributed by atoms with E-state index in [2.05, 4.69) is 48.1 Å². The minimum absolute atomic E-state index is 0.220. The number of hydrogen-bond acceptors (Lipinski definition) is 2. The molecule has 142 valence electrons. The van der Waals surface area contributed by atoms with Gasteiger partial charge in [-0.3, -0.25) is 0 Å². The summed E-state index contributed by atoms with van der Waals surface area (Å²) in [6, 6.07) is 1.82. The summed E-state index contributed by atoms with van der Waals surface area (Å²) < 4.78 is 14.3. The lowest BCUT2D eigenvalue weighted by atomic mass is 9.81. The first-order valence-corrected chi connectivity index (χ1v) is 9.33. The average Bonchev–Trinajstić information content (AvgIpc) is 2.42. The van der Waals surface area contributed by atoms with Crippen LogP contribution in [0.25, 0.3) is 16.7 Å². The predicted octanol–water partition coefficient (Wildman–Crippen LogP) is 7.12. The Labute approximate surface area is 161 Å². The van der Waals surface area contributed by atoms with E-state index in [1.807, 2.05) is 26.8 Å². The van der Waals surface area contributed by atoms with Crippen molar-refractivity contribution in [1.82, 2.24) is 9.97 Å². The van der Waals surface area contributed by atoms with Gasteiger partial charge in [0.2, 0.25) is 0 Å². The third kappa shape index (κ3) is 3.78. The van der Waals surface area contributed by atoms with Crippen LogP contribution in [0.15, 0.2) is 12.6 Å². The summed E-state index contributed by atoms with van der Waals surface area (Å²) in [5.74, 6) is 0.252. The highest BCUT2D eigenvalue weighted by atomic mass is 35.5. The summed E-state index contributed by atoms with van der Waals surface area (Å²) in [4.78, 5) is 9.65. The molecule has 1 aromatic carbocycles. The number of fused-ring (bicyclic) bond motifs is 1. The Kier molecular flexibility index (Phi) is 5.04. The molecule has 0 radical (unpaired) electrons. The quantitative estimate of drug-likeness (QED) is 0.529. The first kappa shape index (κ1) is 20.8. The normalized spacial score (nSPS) is 13.3. The summed E-state index contributed by atoms with van der Waals surface area (Å²) >= 11 is 6.82. The van der Waals surface area contributed by atoms with Crippen molar-refractivity contribution in [2.45, 2.75) is 78.6 Å². The second kappa shape index (κ2) is 6.30. The van der Waals surface area contributed by atoms with Gasteiger partial charge in [0.1, 0.15) is 11.7 Å². The van der Waals surface area contributed by atoms with Crippen molar-refractivity contribution in [3.05, 3.63) is 40.3 Å². The van der Waals surface area contributed by atoms with Gasteiger partial charge in [0, 0.05) is 21.8 Å². The minimum atomic E-state index is -0.488. The van der Waals surface area contributed by atoms with E-state index in [4.69, 9.17) is 21.6 Å². The lowest BCUT2D eigenvalue weighted by molar-refractivity contribution is 0.520. The van der Waals surface area contributed by atoms with Crippen molar-refractivity contribution in [2.24, 2.45) is 0 Å². The Hall–Kier alpha value is -1.48. The van der Waals surface area contributed by atoms with E-state index in [-0.39, 0.29) is 16.2 Å². The van der Waals surface area contributed by atoms with E-state index in [0.717, 1.165) is 22.5 Å². The standard InChI is InChI=1S/C22H30ClFN2/c1-12(24)13-11-14-17(16(23)15(13)20(2,3)4)25-19(22(8,9)10)26-18(14)21(5,6)7/h11H,1H2,2-10H3. The first-order chi connectivity index (χ1) is 11.5. The number of hydrogen-bond donors (Lipinski definition) is 0. The third-order valence-electron chi connectivity index (χ3n) is 4.35. The fourth-order valence-corrected chi connectivity index (χ4v) is 3.61. The topological polar surface area (TPSA) is 25.8 Å². The van der Waals surface area contributed by atoms with Gasteiger partial charge < -0.3 is 0 Å². The predicted molar refractivity (Wildman–Crippen MR) is 111 cm³/mol. The van der Waals surface area contributed by atoms with Gasteiger partial charge in [-0.25, -0.2) is 14.4 Å². The van der Waals surface area contributed by atoms with E-state index in [1.165, 1.54) is 0 Å². The third-order valence-corrected chi connectivity index (χ3v) is 4.72. The summed E-state index contributed by atoms with van der Waals surface area (Å²) in [5.41, 5.74) is 1.93. The molecule has 0 atom stereocenters. The van der Waals surface area contributed by atoms with Crippen molar-refractivity contribution in [1.29, 1.82) is 0 Å². The molecule has 4 heteroatoms. The van der Waals surface area contributed by atoms with Crippen LogP contribution in [0.4, 0.5) is 4.39 Å². The molecule has 26 heavy (non-hydrogen) atoms. The van der Waals surface area contributed by atoms with E-state index < -0.39 is 5.83 Å². The molecule has 1 heterocycles. The van der Waals surface area contributed by atoms with Crippen LogP contribution in [-0.4, -0.2) is 9.97 Å². The molecule has 0 bridgehead atoms. The Morgan fingerprint density at radius 3 is 1.85 bits per heavy atom. The molecular formula is C22H30ClFN2. The Bertz CT molecular complexity index is 878. The maximum absolute atomic E-state index is 14.3. The zero-order valence-corrected chi connectivity index (χ0v) is 18.2. The zero-order chi connectivity index (χ0) is 20.2. The summed E-state index contributed by atoms with van der Waals surface area (Å²) in [6.07, 6.45) is 0. The molecule has 0 N–H and O–H groups in total. The molecule has 0 aliphatic heterocycles. The minimum Gasteiger partial charge on any atom is -0.236 e. The molecule has 0 aliphatic carbocycles. The summed E-state index contributed by atoms with van der Waals surface area (Å²) in [7, 11) is 0. The molecule has 1 aromatic heterocycles. The van der Waals surface area contributed by atoms with Gasteiger partial charge in [-0.2, -0.15) is 0 Å². The SMILES string of the molecule is C=C(F)c1cc2c(C(C)(C)C)nc(C(C)(C)C)nc2c(Cl)c1C(C)(C)C. The first-order valence-electron chi connectivity index (χ1n) is 8.95. The van der Waals surface area contributed by atoms with Crippen LogP contribution < -0.4 is 0 Å². The van der Waals surface area contributed by atoms with Crippen molar-refractivity contribution in [2.75, 3.05) is 0 Å². The maximum atomic E-state index is 14.3. The van der Waals surface area contributed by atoms with Crippen molar-refractivity contribution < 1.29 is 4.39 Å². The van der Waals surface area contributed by atoms with E-state index >= 15 is 0 Å². The molecular weight excluding hydrogens is 347 g/mol. The van der Waals surface area contributed by atoms with Crippen molar-refractivity contribution in [3.8, 4) is 0 Å². The smallest absolute Gasteiger partial charge is 0.134 e. The van der Waals surface area contributed by atoms with Gasteiger partial charge in [0.15, 0.2) is 0 Å². The van der Waals surface area contributed by atoms with E-state index in [1.54, 1.807) is 0 Å². The summed E-state index contributed by atoms with van der Waals surface area (Å²) in [6.45, 7) is 22.1. The van der Waals surface area contributed by atoms with Gasteiger partial charge in [0.05, 0.1) is 16.2 Å². The monoisotopic (exact) mass is 376 g/mol. The van der Waals surface area contributed by atoms with Crippen molar-refractivity contribution in [3.63, 3.8) is 0 Å². The highest BCUT2D eigenvalue weighted by molar-refractivity contribution is 6.36. The van der Waals surface area contributed by atoms with E-state index in [9.17, 15) is 4.39 Å². The molecule has 0 unspecified atom stereocenters. The lowest BCUT2D eigenvalue weighted by Crippen LogP contribution is -2.23. The Balaban J connectivity index is 3.12. The van der Waals surface area contributed by atoms with Crippen LogP contribution in [-0.2, 0) is 16.2 Å². The second-order valence-electron chi connectivity index (χ2n) is 10.1. The van der Waals surface area contributed by atoms with Gasteiger partial charge in [0.25, 0.3) is 0 Å². The van der Waals surface area contributed by atoms with Crippen LogP contribution in [0.3, 0.4) is 0 Å². The summed E-state index contributed by atoms with van der Waals surface area (Å²) in [5, 5.41) is 1.28. The molecule has 0 saturated carbocycles. The molecule has 0 spiro atoms. The van der Waals surface area contributed by atoms with Gasteiger partial charge in [-0.05, 0) is 17.0 Å². The van der Waals surface area contributed by atoms with Crippen LogP contribution in [0.5, 0.6) is 0 Å². The van der Waals surface area contributed by atoms with Crippen LogP contribution in [0, 0.1) is 0 Å². The largest absolute Gasteiger partial charge is 0.236 e. The second-order valence-corrected chi connectivity index (χ2v) is 10.4. The van der Waals surface area contributed by atoms with Gasteiger partial charge >= 0.3 is 0 Å². The number of rotatable bonds is 1. The fraction of sp³-hybridized carbons (Fsp3) is 0.545. The lowest BCUT2D eigenvalue weighted by Gasteiger charge is -2.28. The molecule has 2 aromatic rings. The number of aromatic nitrogens is 2. The number of nitrogens with zero attached hydrogens (tertiary/aromatic N) is 2. The van der Waals surface area contributed by atoms with Gasteiger partial charge in [-0.1, -0.05) is 80.5 Å². The van der Waals surface area contributed by atoms with E-state index in [0.29, 0.717) is 16.1 Å². The average molecular weight is 377 g/mol. The molecule has 0 amide bonds. The highest BCUT2D eigenvalue weighted by Crippen LogP contribution is 2.42. The maximum Gasteiger partial charge on any atom is 0.134 e. The number of halogens is 2. The highest BCUT2D eigenvalue weighted by Gasteiger charge is 2.30. The molecule has 0 fully saturated rings. The number of benzene rings is 1. The van der Waals surface area contributed by atoms with Crippen molar-refractivity contribution >= 4 is 28.3 Å². The Morgan fingerprint density at radius 2 is 1.46 bits per heavy atom. The Morgan fingerprint density at radius 1 is 0.923 bits per heavy atom.